The van der Waals surface area contributed by atoms with Crippen molar-refractivity contribution >= 4 is 57.4 Å². The van der Waals surface area contributed by atoms with E-state index in [-0.39, 0.29) is 23.1 Å². The number of nitrogens with zero attached hydrogens (tertiary/aromatic N) is 2. The van der Waals surface area contributed by atoms with Gasteiger partial charge in [-0.3, -0.25) is 14.4 Å². The number of hydrogen-bond donors (Lipinski definition) is 2. The molecule has 8 nitrogen and oxygen atoms in total. The molecule has 4 aromatic rings. The standard InChI is InChI=1S/C31H24ClN3O5/c32-18-5-3-6-20(17-18)35-29(37)24-10-4-9-23-26(12-11-25(27(23)24)30(35)38)33-19-13-15-34(16-14-19)28(36)21-7-1-2-8-22(21)31(39)40/h1-12,17,19,33H,13-16H2,(H,39,40). The molecule has 200 valence electrons. The highest BCUT2D eigenvalue weighted by Gasteiger charge is 2.35. The van der Waals surface area contributed by atoms with Crippen LogP contribution in [0.1, 0.15) is 54.3 Å². The van der Waals surface area contributed by atoms with Crippen molar-refractivity contribution in [2.24, 2.45) is 0 Å². The normalized spacial score (nSPS) is 15.4. The second-order valence-electron chi connectivity index (χ2n) is 9.88. The Morgan fingerprint density at radius 1 is 0.825 bits per heavy atom. The molecule has 0 saturated carbocycles. The van der Waals surface area contributed by atoms with E-state index in [1.165, 1.54) is 6.07 Å². The van der Waals surface area contributed by atoms with Crippen LogP contribution in [0.5, 0.6) is 0 Å². The van der Waals surface area contributed by atoms with Gasteiger partial charge >= 0.3 is 5.97 Å². The summed E-state index contributed by atoms with van der Waals surface area (Å²) in [6.07, 6.45) is 1.31. The second-order valence-corrected chi connectivity index (χ2v) is 10.3. The number of hydrogen-bond acceptors (Lipinski definition) is 5. The molecule has 2 heterocycles. The van der Waals surface area contributed by atoms with E-state index >= 15 is 0 Å². The van der Waals surface area contributed by atoms with E-state index in [0.29, 0.717) is 53.2 Å². The Hall–Kier alpha value is -4.69. The van der Waals surface area contributed by atoms with Crippen LogP contribution < -0.4 is 10.2 Å². The lowest BCUT2D eigenvalue weighted by Crippen LogP contribution is -2.43. The molecule has 1 saturated heterocycles. The molecule has 0 spiro atoms. The molecule has 0 aliphatic carbocycles. The minimum Gasteiger partial charge on any atom is -0.478 e. The van der Waals surface area contributed by atoms with Gasteiger partial charge in [0.05, 0.1) is 16.8 Å². The number of rotatable bonds is 5. The first-order valence-electron chi connectivity index (χ1n) is 12.9. The SMILES string of the molecule is O=C(O)c1ccccc1C(=O)N1CCC(Nc2ccc3c4c(cccc24)C(=O)N(c2cccc(Cl)c2)C3=O)CC1. The summed E-state index contributed by atoms with van der Waals surface area (Å²) in [6.45, 7) is 0.939. The smallest absolute Gasteiger partial charge is 0.336 e. The fourth-order valence-corrected chi connectivity index (χ4v) is 5.73. The second kappa shape index (κ2) is 10.1. The van der Waals surface area contributed by atoms with Gasteiger partial charge < -0.3 is 15.3 Å². The van der Waals surface area contributed by atoms with Gasteiger partial charge in [-0.2, -0.15) is 0 Å². The van der Waals surface area contributed by atoms with E-state index in [1.807, 2.05) is 12.1 Å². The lowest BCUT2D eigenvalue weighted by Gasteiger charge is -2.34. The lowest BCUT2D eigenvalue weighted by molar-refractivity contribution is 0.0664. The number of carboxylic acids is 1. The topological polar surface area (TPSA) is 107 Å². The van der Waals surface area contributed by atoms with Gasteiger partial charge in [0.15, 0.2) is 0 Å². The summed E-state index contributed by atoms with van der Waals surface area (Å²) in [6, 6.07) is 22.0. The summed E-state index contributed by atoms with van der Waals surface area (Å²) in [5.41, 5.74) is 2.28. The maximum atomic E-state index is 13.5. The highest BCUT2D eigenvalue weighted by atomic mass is 35.5. The average Bonchev–Trinajstić information content (AvgIpc) is 2.96. The van der Waals surface area contributed by atoms with E-state index in [4.69, 9.17) is 11.6 Å². The molecular weight excluding hydrogens is 530 g/mol. The zero-order valence-electron chi connectivity index (χ0n) is 21.3. The van der Waals surface area contributed by atoms with Crippen molar-refractivity contribution in [2.75, 3.05) is 23.3 Å². The molecule has 9 heteroatoms. The van der Waals surface area contributed by atoms with Crippen LogP contribution >= 0.6 is 11.6 Å². The van der Waals surface area contributed by atoms with Gasteiger partial charge in [-0.15, -0.1) is 0 Å². The molecule has 0 radical (unpaired) electrons. The minimum absolute atomic E-state index is 0.00502. The van der Waals surface area contributed by atoms with E-state index < -0.39 is 17.8 Å². The first kappa shape index (κ1) is 25.6. The molecule has 3 amide bonds. The Morgan fingerprint density at radius 2 is 1.50 bits per heavy atom. The number of halogens is 1. The Morgan fingerprint density at radius 3 is 2.20 bits per heavy atom. The molecule has 2 aliphatic heterocycles. The van der Waals surface area contributed by atoms with Gasteiger partial charge in [0.25, 0.3) is 17.7 Å². The van der Waals surface area contributed by atoms with Crippen LogP contribution in [0.2, 0.25) is 5.02 Å². The third-order valence-corrected chi connectivity index (χ3v) is 7.74. The van der Waals surface area contributed by atoms with Crippen LogP contribution in [-0.2, 0) is 0 Å². The average molecular weight is 554 g/mol. The van der Waals surface area contributed by atoms with Crippen molar-refractivity contribution in [1.82, 2.24) is 4.90 Å². The third kappa shape index (κ3) is 4.36. The highest BCUT2D eigenvalue weighted by Crippen LogP contribution is 2.37. The van der Waals surface area contributed by atoms with Crippen LogP contribution in [0.15, 0.2) is 78.9 Å². The lowest BCUT2D eigenvalue weighted by atomic mass is 9.92. The molecule has 0 aromatic heterocycles. The Balaban J connectivity index is 1.23. The van der Waals surface area contributed by atoms with Gasteiger partial charge in [0, 0.05) is 51.7 Å². The number of imide groups is 1. The number of aromatic carboxylic acids is 1. The van der Waals surface area contributed by atoms with Crippen LogP contribution in [-0.4, -0.2) is 52.8 Å². The van der Waals surface area contributed by atoms with E-state index in [1.54, 1.807) is 65.6 Å². The molecule has 6 rings (SSSR count). The van der Waals surface area contributed by atoms with Gasteiger partial charge in [-0.1, -0.05) is 41.9 Å². The summed E-state index contributed by atoms with van der Waals surface area (Å²) in [4.78, 5) is 54.4. The fourth-order valence-electron chi connectivity index (χ4n) is 5.55. The predicted molar refractivity (Wildman–Crippen MR) is 152 cm³/mol. The van der Waals surface area contributed by atoms with Crippen molar-refractivity contribution in [3.05, 3.63) is 106 Å². The number of likely N-dealkylation sites (tertiary alicyclic amines) is 1. The van der Waals surface area contributed by atoms with Gasteiger partial charge in [-0.05, 0) is 61.4 Å². The summed E-state index contributed by atoms with van der Waals surface area (Å²) in [7, 11) is 0. The summed E-state index contributed by atoms with van der Waals surface area (Å²) >= 11 is 6.13. The Kier molecular flexibility index (Phi) is 6.48. The highest BCUT2D eigenvalue weighted by molar-refractivity contribution is 6.37. The van der Waals surface area contributed by atoms with E-state index in [9.17, 15) is 24.3 Å². The maximum absolute atomic E-state index is 13.5. The van der Waals surface area contributed by atoms with Crippen molar-refractivity contribution in [3.63, 3.8) is 0 Å². The van der Waals surface area contributed by atoms with E-state index in [2.05, 4.69) is 5.32 Å². The van der Waals surface area contributed by atoms with Crippen LogP contribution in [0.4, 0.5) is 11.4 Å². The van der Waals surface area contributed by atoms with Crippen molar-refractivity contribution in [3.8, 4) is 0 Å². The molecule has 0 unspecified atom stereocenters. The minimum atomic E-state index is -1.13. The number of nitrogens with one attached hydrogen (secondary N) is 1. The monoisotopic (exact) mass is 553 g/mol. The number of piperidine rings is 1. The molecule has 2 aliphatic rings. The maximum Gasteiger partial charge on any atom is 0.336 e. The number of carbonyl (C=O) groups excluding carboxylic acids is 3. The van der Waals surface area contributed by atoms with Crippen LogP contribution in [0.25, 0.3) is 10.8 Å². The van der Waals surface area contributed by atoms with Crippen LogP contribution in [0.3, 0.4) is 0 Å². The van der Waals surface area contributed by atoms with Crippen LogP contribution in [0, 0.1) is 0 Å². The molecule has 4 aromatic carbocycles. The largest absolute Gasteiger partial charge is 0.478 e. The number of amides is 3. The number of carbonyl (C=O) groups is 4. The van der Waals surface area contributed by atoms with E-state index in [0.717, 1.165) is 16.0 Å². The Labute approximate surface area is 234 Å². The van der Waals surface area contributed by atoms with Crippen molar-refractivity contribution in [2.45, 2.75) is 18.9 Å². The number of benzene rings is 4. The van der Waals surface area contributed by atoms with Crippen molar-refractivity contribution in [1.29, 1.82) is 0 Å². The van der Waals surface area contributed by atoms with Gasteiger partial charge in [0.2, 0.25) is 0 Å². The number of anilines is 2. The summed E-state index contributed by atoms with van der Waals surface area (Å²) in [5.74, 6) is -2.23. The molecule has 0 atom stereocenters. The third-order valence-electron chi connectivity index (χ3n) is 7.50. The molecule has 40 heavy (non-hydrogen) atoms. The van der Waals surface area contributed by atoms with Gasteiger partial charge in [0.1, 0.15) is 0 Å². The first-order chi connectivity index (χ1) is 19.3. The quantitative estimate of drug-likeness (QED) is 0.307. The van der Waals surface area contributed by atoms with Gasteiger partial charge in [-0.25, -0.2) is 9.69 Å². The van der Waals surface area contributed by atoms with Crippen molar-refractivity contribution < 1.29 is 24.3 Å². The number of carboxylic acid groups (broad SMARTS) is 1. The molecule has 1 fully saturated rings. The zero-order chi connectivity index (χ0) is 28.0. The molecule has 2 N–H and O–H groups in total. The zero-order valence-corrected chi connectivity index (χ0v) is 22.0. The Bertz CT molecular complexity index is 1690. The summed E-state index contributed by atoms with van der Waals surface area (Å²) in [5, 5.41) is 14.8. The first-order valence-corrected chi connectivity index (χ1v) is 13.3. The molecular formula is C31H24ClN3O5. The fraction of sp³-hybridized carbons (Fsp3) is 0.161. The summed E-state index contributed by atoms with van der Waals surface area (Å²) < 4.78 is 0. The molecule has 0 bridgehead atoms. The predicted octanol–water partition coefficient (Wildman–Crippen LogP) is 5.71.